The van der Waals surface area contributed by atoms with Crippen molar-refractivity contribution in [3.05, 3.63) is 81.1 Å². The summed E-state index contributed by atoms with van der Waals surface area (Å²) in [5, 5.41) is 0. The first-order valence-electron chi connectivity index (χ1n) is 12.7. The van der Waals surface area contributed by atoms with Gasteiger partial charge in [0.15, 0.2) is 0 Å². The number of aryl methyl sites for hydroxylation is 3. The van der Waals surface area contributed by atoms with Crippen molar-refractivity contribution < 1.29 is 13.6 Å². The van der Waals surface area contributed by atoms with E-state index >= 15 is 0 Å². The van der Waals surface area contributed by atoms with Gasteiger partial charge in [-0.05, 0) is 68.9 Å². The van der Waals surface area contributed by atoms with Crippen LogP contribution in [0.3, 0.4) is 0 Å². The molecule has 0 aliphatic carbocycles. The van der Waals surface area contributed by atoms with Gasteiger partial charge in [0, 0.05) is 43.4 Å². The van der Waals surface area contributed by atoms with Gasteiger partial charge in [-0.1, -0.05) is 36.8 Å². The number of piperidine rings is 1. The van der Waals surface area contributed by atoms with Crippen molar-refractivity contribution in [2.75, 3.05) is 19.6 Å². The number of hydrogen-bond acceptors (Lipinski definition) is 2. The van der Waals surface area contributed by atoms with Gasteiger partial charge in [-0.15, -0.1) is 0 Å². The van der Waals surface area contributed by atoms with Gasteiger partial charge < -0.3 is 4.90 Å². The highest BCUT2D eigenvalue weighted by Gasteiger charge is 2.54. The first-order valence-corrected chi connectivity index (χ1v) is 12.7. The summed E-state index contributed by atoms with van der Waals surface area (Å²) in [5.41, 5.74) is 6.39. The monoisotopic (exact) mass is 479 g/mol. The Labute approximate surface area is 207 Å². The van der Waals surface area contributed by atoms with Gasteiger partial charge >= 0.3 is 6.03 Å². The predicted octanol–water partition coefficient (Wildman–Crippen LogP) is 6.18. The Kier molecular flexibility index (Phi) is 5.99. The molecule has 1 atom stereocenters. The molecule has 0 N–H and O–H groups in total. The normalized spacial score (nSPS) is 21.7. The molecular formula is C29H35F2N3O. The Bertz CT molecular complexity index is 1210. The van der Waals surface area contributed by atoms with E-state index in [0.717, 1.165) is 18.5 Å². The van der Waals surface area contributed by atoms with Crippen LogP contribution in [0.25, 0.3) is 0 Å². The highest BCUT2D eigenvalue weighted by atomic mass is 19.1. The quantitative estimate of drug-likeness (QED) is 0.525. The first-order chi connectivity index (χ1) is 16.7. The highest BCUT2D eigenvalue weighted by Crippen LogP contribution is 2.47. The largest absolute Gasteiger partial charge is 0.325 e. The van der Waals surface area contributed by atoms with Gasteiger partial charge in [-0.25, -0.2) is 13.6 Å². The number of carbonyl (C=O) groups is 1. The summed E-state index contributed by atoms with van der Waals surface area (Å²) in [5.74, 6) is -0.735. The number of hydrogen-bond donors (Lipinski definition) is 0. The van der Waals surface area contributed by atoms with Gasteiger partial charge in [0.05, 0.1) is 12.1 Å². The second-order valence-electron chi connectivity index (χ2n) is 10.6. The van der Waals surface area contributed by atoms with Crippen LogP contribution in [-0.4, -0.2) is 45.9 Å². The van der Waals surface area contributed by atoms with Gasteiger partial charge in [-0.3, -0.25) is 9.80 Å². The van der Waals surface area contributed by atoms with Crippen molar-refractivity contribution in [3.8, 4) is 0 Å². The summed E-state index contributed by atoms with van der Waals surface area (Å²) in [4.78, 5) is 19.8. The zero-order valence-corrected chi connectivity index (χ0v) is 21.4. The lowest BCUT2D eigenvalue weighted by Crippen LogP contribution is -2.53. The van der Waals surface area contributed by atoms with Gasteiger partial charge in [0.2, 0.25) is 0 Å². The van der Waals surface area contributed by atoms with Gasteiger partial charge in [0.1, 0.15) is 11.6 Å². The predicted molar refractivity (Wildman–Crippen MR) is 134 cm³/mol. The van der Waals surface area contributed by atoms with E-state index in [9.17, 15) is 13.6 Å². The van der Waals surface area contributed by atoms with Crippen LogP contribution in [0.15, 0.2) is 36.0 Å². The molecular weight excluding hydrogens is 444 g/mol. The van der Waals surface area contributed by atoms with E-state index in [4.69, 9.17) is 0 Å². The zero-order valence-electron chi connectivity index (χ0n) is 21.4. The molecule has 0 radical (unpaired) electrons. The van der Waals surface area contributed by atoms with Crippen LogP contribution in [0.4, 0.5) is 13.6 Å². The Morgan fingerprint density at radius 3 is 2.46 bits per heavy atom. The summed E-state index contributed by atoms with van der Waals surface area (Å²) in [6, 6.07) is 7.35. The van der Waals surface area contributed by atoms with Crippen LogP contribution in [0.2, 0.25) is 0 Å². The Morgan fingerprint density at radius 2 is 1.77 bits per heavy atom. The van der Waals surface area contributed by atoms with Crippen LogP contribution in [0.5, 0.6) is 0 Å². The molecule has 2 saturated heterocycles. The van der Waals surface area contributed by atoms with Crippen LogP contribution < -0.4 is 0 Å². The molecule has 0 aromatic heterocycles. The fourth-order valence-electron chi connectivity index (χ4n) is 6.69. The zero-order chi connectivity index (χ0) is 25.1. The second kappa shape index (κ2) is 8.74. The van der Waals surface area contributed by atoms with Crippen LogP contribution in [0.1, 0.15) is 66.0 Å². The van der Waals surface area contributed by atoms with E-state index in [1.54, 1.807) is 6.92 Å². The third kappa shape index (κ3) is 3.77. The number of urea groups is 1. The summed E-state index contributed by atoms with van der Waals surface area (Å²) in [6.07, 6.45) is 3.81. The Morgan fingerprint density at radius 1 is 1.06 bits per heavy atom. The number of nitrogens with zero attached hydrogens (tertiary/aromatic N) is 3. The molecule has 3 heterocycles. The minimum atomic E-state index is -0.491. The summed E-state index contributed by atoms with van der Waals surface area (Å²) in [7, 11) is 0. The molecule has 6 heteroatoms. The lowest BCUT2D eigenvalue weighted by atomic mass is 9.81. The van der Waals surface area contributed by atoms with Crippen molar-refractivity contribution in [2.24, 2.45) is 0 Å². The molecule has 2 fully saturated rings. The number of carbonyl (C=O) groups excluding carboxylic acids is 1. The summed E-state index contributed by atoms with van der Waals surface area (Å²) >= 11 is 0. The SMILES string of the molecule is CCN1C(=O)N2Cc3cc(C)cc(C)c3[C@H](C)C=C2C12CCN(Cc1c(F)ccc(C)c1F)CC2. The number of fused-ring (bicyclic) bond motifs is 3. The number of halogens is 2. The molecule has 4 nitrogen and oxygen atoms in total. The van der Waals surface area contributed by atoms with E-state index < -0.39 is 11.6 Å². The van der Waals surface area contributed by atoms with Gasteiger partial charge in [-0.2, -0.15) is 0 Å². The summed E-state index contributed by atoms with van der Waals surface area (Å²) < 4.78 is 29.1. The standard InChI is InChI=1S/C29H35F2N3O/c1-6-34-28(35)33-16-22-14-18(2)13-20(4)26(22)21(5)15-25(33)29(34)9-11-32(12-10-29)17-23-24(30)8-7-19(3)27(23)31/h7-8,13-15,21H,6,9-12,16-17H2,1-5H3/t21-/m1/s1. The fraction of sp³-hybridized carbons (Fsp3) is 0.483. The fourth-order valence-corrected chi connectivity index (χ4v) is 6.69. The molecule has 5 rings (SSSR count). The van der Waals surface area contributed by atoms with E-state index in [2.05, 4.69) is 43.9 Å². The van der Waals surface area contributed by atoms with E-state index in [1.807, 2.05) is 16.7 Å². The van der Waals surface area contributed by atoms with E-state index in [-0.39, 0.29) is 29.6 Å². The van der Waals surface area contributed by atoms with Crippen molar-refractivity contribution >= 4 is 6.03 Å². The molecule has 186 valence electrons. The minimum absolute atomic E-state index is 0.0715. The second-order valence-corrected chi connectivity index (χ2v) is 10.6. The van der Waals surface area contributed by atoms with Gasteiger partial charge in [0.25, 0.3) is 0 Å². The minimum Gasteiger partial charge on any atom is -0.313 e. The molecule has 2 amide bonds. The number of benzene rings is 2. The molecule has 0 unspecified atom stereocenters. The highest BCUT2D eigenvalue weighted by molar-refractivity contribution is 5.83. The number of rotatable bonds is 3. The van der Waals surface area contributed by atoms with Crippen molar-refractivity contribution in [1.82, 2.24) is 14.7 Å². The molecule has 3 aliphatic heterocycles. The molecule has 1 spiro atoms. The van der Waals surface area contributed by atoms with E-state index in [0.29, 0.717) is 31.7 Å². The van der Waals surface area contributed by atoms with Crippen LogP contribution in [0, 0.1) is 32.4 Å². The van der Waals surface area contributed by atoms with Crippen LogP contribution in [-0.2, 0) is 13.1 Å². The number of allylic oxidation sites excluding steroid dienone is 1. The first kappa shape index (κ1) is 24.0. The molecule has 0 saturated carbocycles. The third-order valence-electron chi connectivity index (χ3n) is 8.31. The number of likely N-dealkylation sites (tertiary alicyclic amines) is 1. The van der Waals surface area contributed by atoms with Crippen molar-refractivity contribution in [1.29, 1.82) is 0 Å². The lowest BCUT2D eigenvalue weighted by Gasteiger charge is -2.44. The topological polar surface area (TPSA) is 26.8 Å². The van der Waals surface area contributed by atoms with Crippen molar-refractivity contribution in [3.63, 3.8) is 0 Å². The number of amides is 2. The molecule has 2 aromatic carbocycles. The average Bonchev–Trinajstić information content (AvgIpc) is 2.92. The lowest BCUT2D eigenvalue weighted by molar-refractivity contribution is 0.0876. The maximum atomic E-state index is 14.6. The van der Waals surface area contributed by atoms with Crippen molar-refractivity contribution in [2.45, 2.75) is 72.0 Å². The Balaban J connectivity index is 1.45. The molecule has 35 heavy (non-hydrogen) atoms. The van der Waals surface area contributed by atoms with E-state index in [1.165, 1.54) is 34.4 Å². The molecule has 2 aromatic rings. The average molecular weight is 480 g/mol. The smallest absolute Gasteiger partial charge is 0.313 e. The summed E-state index contributed by atoms with van der Waals surface area (Å²) in [6.45, 7) is 13.1. The number of likely N-dealkylation sites (N-methyl/N-ethyl adjacent to an activating group) is 1. The maximum Gasteiger partial charge on any atom is 0.325 e. The Hall–Kier alpha value is -2.73. The van der Waals surface area contributed by atoms with Crippen LogP contribution >= 0.6 is 0 Å². The molecule has 0 bridgehead atoms. The maximum absolute atomic E-state index is 14.6. The molecule has 3 aliphatic rings. The third-order valence-corrected chi connectivity index (χ3v) is 8.31.